The van der Waals surface area contributed by atoms with E-state index in [0.717, 1.165) is 0 Å². The van der Waals surface area contributed by atoms with Gasteiger partial charge in [0.15, 0.2) is 0 Å². The Hall–Kier alpha value is -1.44. The molecular weight excluding hydrogens is 276 g/mol. The fraction of sp³-hybridized carbons (Fsp3) is 0.462. The maximum atomic E-state index is 12.4. The highest BCUT2D eigenvalue weighted by atomic mass is 32.2. The van der Waals surface area contributed by atoms with Gasteiger partial charge in [-0.25, -0.2) is 18.1 Å². The number of nitrogens with two attached hydrogens (primary N) is 1. The molecule has 110 valence electrons. The van der Waals surface area contributed by atoms with Crippen LogP contribution in [0.4, 0.5) is 0 Å². The number of fused-ring (bicyclic) bond motifs is 1. The average molecular weight is 296 g/mol. The summed E-state index contributed by atoms with van der Waals surface area (Å²) in [5.41, 5.74) is 6.16. The van der Waals surface area contributed by atoms with Crippen LogP contribution in [0.3, 0.4) is 0 Å². The molecule has 4 N–H and O–H groups in total. The number of pyridine rings is 1. The minimum Gasteiger partial charge on any atom is -0.345 e. The van der Waals surface area contributed by atoms with Gasteiger partial charge in [0.1, 0.15) is 10.5 Å². The molecule has 2 aromatic rings. The Morgan fingerprint density at radius 2 is 2.10 bits per heavy atom. The number of H-pyrrole nitrogens is 1. The molecule has 0 aliphatic carbocycles. The van der Waals surface area contributed by atoms with E-state index in [1.54, 1.807) is 18.3 Å². The zero-order valence-electron chi connectivity index (χ0n) is 11.7. The minimum atomic E-state index is -3.60. The molecule has 0 aromatic carbocycles. The molecule has 0 unspecified atom stereocenters. The summed E-state index contributed by atoms with van der Waals surface area (Å²) >= 11 is 0. The number of rotatable bonds is 6. The molecule has 0 atom stereocenters. The van der Waals surface area contributed by atoms with Crippen molar-refractivity contribution in [2.24, 2.45) is 5.73 Å². The van der Waals surface area contributed by atoms with Crippen LogP contribution in [-0.4, -0.2) is 30.5 Å². The van der Waals surface area contributed by atoms with Gasteiger partial charge in [-0.15, -0.1) is 0 Å². The molecule has 0 radical (unpaired) electrons. The van der Waals surface area contributed by atoms with Crippen molar-refractivity contribution in [3.63, 3.8) is 0 Å². The van der Waals surface area contributed by atoms with Crippen LogP contribution in [0, 0.1) is 0 Å². The molecule has 0 fully saturated rings. The van der Waals surface area contributed by atoms with Crippen LogP contribution in [-0.2, 0) is 10.0 Å². The van der Waals surface area contributed by atoms with Crippen molar-refractivity contribution < 1.29 is 8.42 Å². The summed E-state index contributed by atoms with van der Waals surface area (Å²) in [6, 6.07) is 3.43. The first-order chi connectivity index (χ1) is 9.42. The summed E-state index contributed by atoms with van der Waals surface area (Å²) in [6.45, 7) is 4.12. The molecule has 0 spiro atoms. The van der Waals surface area contributed by atoms with Gasteiger partial charge in [0, 0.05) is 29.9 Å². The molecule has 0 saturated carbocycles. The second kappa shape index (κ2) is 5.51. The average Bonchev–Trinajstić information content (AvgIpc) is 2.89. The molecule has 0 saturated heterocycles. The van der Waals surface area contributed by atoms with E-state index in [2.05, 4.69) is 14.7 Å². The molecule has 0 amide bonds. The Morgan fingerprint density at radius 3 is 2.75 bits per heavy atom. The van der Waals surface area contributed by atoms with E-state index in [1.165, 1.54) is 6.20 Å². The summed E-state index contributed by atoms with van der Waals surface area (Å²) in [4.78, 5) is 7.15. The standard InChI is InChI=1S/C13H20N4O2S/c1-3-13(14,4-2)9-17-20(18,19)11-8-16-12-10(11)6-5-7-15-12/h5-8,17H,3-4,9,14H2,1-2H3,(H,15,16). The third-order valence-corrected chi connectivity index (χ3v) is 5.17. The van der Waals surface area contributed by atoms with E-state index in [9.17, 15) is 8.42 Å². The zero-order valence-corrected chi connectivity index (χ0v) is 12.5. The van der Waals surface area contributed by atoms with Gasteiger partial charge < -0.3 is 10.7 Å². The Bertz CT molecular complexity index is 689. The van der Waals surface area contributed by atoms with Crippen LogP contribution < -0.4 is 10.5 Å². The van der Waals surface area contributed by atoms with Gasteiger partial charge >= 0.3 is 0 Å². The Kier molecular flexibility index (Phi) is 4.12. The van der Waals surface area contributed by atoms with Gasteiger partial charge in [0.2, 0.25) is 10.0 Å². The van der Waals surface area contributed by atoms with Gasteiger partial charge in [-0.1, -0.05) is 13.8 Å². The first kappa shape index (κ1) is 15.0. The third kappa shape index (κ3) is 2.84. The monoisotopic (exact) mass is 296 g/mol. The van der Waals surface area contributed by atoms with Crippen molar-refractivity contribution in [1.29, 1.82) is 0 Å². The van der Waals surface area contributed by atoms with Crippen LogP contribution in [0.15, 0.2) is 29.4 Å². The molecular formula is C13H20N4O2S. The normalized spacial score (nSPS) is 12.9. The number of hydrogen-bond acceptors (Lipinski definition) is 4. The summed E-state index contributed by atoms with van der Waals surface area (Å²) in [5, 5.41) is 0.579. The lowest BCUT2D eigenvalue weighted by Crippen LogP contribution is -2.49. The molecule has 2 rings (SSSR count). The van der Waals surface area contributed by atoms with Crippen molar-refractivity contribution in [2.45, 2.75) is 37.1 Å². The van der Waals surface area contributed by atoms with Crippen molar-refractivity contribution in [2.75, 3.05) is 6.54 Å². The Labute approximate surface area is 118 Å². The quantitative estimate of drug-likeness (QED) is 0.749. The smallest absolute Gasteiger partial charge is 0.242 e. The molecule has 0 aliphatic rings. The molecule has 0 bridgehead atoms. The SMILES string of the molecule is CCC(N)(CC)CNS(=O)(=O)c1c[nH]c2ncccc12. The van der Waals surface area contributed by atoms with Gasteiger partial charge in [0.25, 0.3) is 0 Å². The lowest BCUT2D eigenvalue weighted by Gasteiger charge is -2.26. The predicted molar refractivity (Wildman–Crippen MR) is 78.8 cm³/mol. The first-order valence-corrected chi connectivity index (χ1v) is 8.11. The Balaban J connectivity index is 2.27. The number of hydrogen-bond donors (Lipinski definition) is 3. The fourth-order valence-electron chi connectivity index (χ4n) is 1.97. The number of sulfonamides is 1. The molecule has 20 heavy (non-hydrogen) atoms. The van der Waals surface area contributed by atoms with Crippen molar-refractivity contribution in [3.8, 4) is 0 Å². The molecule has 2 heterocycles. The summed E-state index contributed by atoms with van der Waals surface area (Å²) in [6.07, 6.45) is 4.49. The Morgan fingerprint density at radius 1 is 1.40 bits per heavy atom. The zero-order chi connectivity index (χ0) is 14.8. The van der Waals surface area contributed by atoms with E-state index in [4.69, 9.17) is 5.73 Å². The van der Waals surface area contributed by atoms with Gasteiger partial charge in [-0.05, 0) is 25.0 Å². The second-order valence-electron chi connectivity index (χ2n) is 4.95. The maximum Gasteiger partial charge on any atom is 0.242 e. The molecule has 7 heteroatoms. The van der Waals surface area contributed by atoms with Crippen LogP contribution in [0.25, 0.3) is 11.0 Å². The van der Waals surface area contributed by atoms with Crippen LogP contribution >= 0.6 is 0 Å². The van der Waals surface area contributed by atoms with E-state index in [0.29, 0.717) is 23.9 Å². The first-order valence-electron chi connectivity index (χ1n) is 6.62. The van der Waals surface area contributed by atoms with E-state index in [1.807, 2.05) is 13.8 Å². The van der Waals surface area contributed by atoms with E-state index >= 15 is 0 Å². The van der Waals surface area contributed by atoms with Crippen molar-refractivity contribution in [1.82, 2.24) is 14.7 Å². The van der Waals surface area contributed by atoms with Crippen LogP contribution in [0.1, 0.15) is 26.7 Å². The van der Waals surface area contributed by atoms with Crippen LogP contribution in [0.5, 0.6) is 0 Å². The third-order valence-electron chi connectivity index (χ3n) is 3.73. The van der Waals surface area contributed by atoms with Crippen molar-refractivity contribution in [3.05, 3.63) is 24.5 Å². The molecule has 6 nitrogen and oxygen atoms in total. The lowest BCUT2D eigenvalue weighted by atomic mass is 9.95. The van der Waals surface area contributed by atoms with Gasteiger partial charge in [-0.2, -0.15) is 0 Å². The topological polar surface area (TPSA) is 101 Å². The van der Waals surface area contributed by atoms with E-state index < -0.39 is 15.6 Å². The highest BCUT2D eigenvalue weighted by molar-refractivity contribution is 7.89. The minimum absolute atomic E-state index is 0.204. The molecule has 2 aromatic heterocycles. The fourth-order valence-corrected chi connectivity index (χ4v) is 3.27. The number of aromatic nitrogens is 2. The summed E-state index contributed by atoms with van der Waals surface area (Å²) < 4.78 is 27.3. The van der Waals surface area contributed by atoms with Crippen LogP contribution in [0.2, 0.25) is 0 Å². The highest BCUT2D eigenvalue weighted by Gasteiger charge is 2.25. The van der Waals surface area contributed by atoms with Gasteiger partial charge in [-0.3, -0.25) is 0 Å². The van der Waals surface area contributed by atoms with E-state index in [-0.39, 0.29) is 11.4 Å². The lowest BCUT2D eigenvalue weighted by molar-refractivity contribution is 0.392. The number of nitrogens with zero attached hydrogens (tertiary/aromatic N) is 1. The predicted octanol–water partition coefficient (Wildman–Crippen LogP) is 1.36. The summed E-state index contributed by atoms with van der Waals surface area (Å²) in [7, 11) is -3.60. The number of aromatic amines is 1. The highest BCUT2D eigenvalue weighted by Crippen LogP contribution is 2.21. The largest absolute Gasteiger partial charge is 0.345 e. The van der Waals surface area contributed by atoms with Gasteiger partial charge in [0.05, 0.1) is 0 Å². The van der Waals surface area contributed by atoms with Crippen molar-refractivity contribution >= 4 is 21.1 Å². The summed E-state index contributed by atoms with van der Waals surface area (Å²) in [5.74, 6) is 0. The maximum absolute atomic E-state index is 12.4. The second-order valence-corrected chi connectivity index (χ2v) is 6.68. The molecule has 0 aliphatic heterocycles. The number of nitrogens with one attached hydrogen (secondary N) is 2.